The summed E-state index contributed by atoms with van der Waals surface area (Å²) >= 11 is 0. The predicted molar refractivity (Wildman–Crippen MR) is 187 cm³/mol. The van der Waals surface area contributed by atoms with Crippen LogP contribution in [-0.2, 0) is 0 Å². The third-order valence-corrected chi connectivity index (χ3v) is 8.91. The molecule has 0 radical (unpaired) electrons. The Morgan fingerprint density at radius 3 is 1.59 bits per heavy atom. The van der Waals surface area contributed by atoms with Gasteiger partial charge in [-0.2, -0.15) is 5.26 Å². The zero-order valence-electron chi connectivity index (χ0n) is 24.7. The maximum absolute atomic E-state index is 10.2. The van der Waals surface area contributed by atoms with Crippen molar-refractivity contribution in [1.82, 2.24) is 0 Å². The molecule has 0 bridgehead atoms. The lowest BCUT2D eigenvalue weighted by Gasteiger charge is -2.13. The smallest absolute Gasteiger partial charge is 0.136 e. The Morgan fingerprint density at radius 2 is 0.870 bits per heavy atom. The van der Waals surface area contributed by atoms with Crippen LogP contribution in [0.5, 0.6) is 0 Å². The first-order valence-electron chi connectivity index (χ1n) is 15.3. The number of para-hydroxylation sites is 2. The highest BCUT2D eigenvalue weighted by molar-refractivity contribution is 6.07. The Labute approximate surface area is 265 Å². The molecule has 3 heteroatoms. The van der Waals surface area contributed by atoms with E-state index in [1.165, 1.54) is 0 Å². The predicted octanol–water partition coefficient (Wildman–Crippen LogP) is 12.0. The summed E-state index contributed by atoms with van der Waals surface area (Å²) in [6.07, 6.45) is 0. The lowest BCUT2D eigenvalue weighted by atomic mass is 9.90. The van der Waals surface area contributed by atoms with Crippen LogP contribution in [0, 0.1) is 11.3 Å². The third-order valence-electron chi connectivity index (χ3n) is 8.91. The molecule has 0 aliphatic rings. The molecule has 0 aliphatic heterocycles. The molecule has 0 atom stereocenters. The van der Waals surface area contributed by atoms with E-state index >= 15 is 0 Å². The van der Waals surface area contributed by atoms with Crippen molar-refractivity contribution in [2.75, 3.05) is 0 Å². The molecule has 9 aromatic rings. The highest BCUT2D eigenvalue weighted by Crippen LogP contribution is 2.39. The number of furan rings is 2. The fraction of sp³-hybridized carbons (Fsp3) is 0. The van der Waals surface area contributed by atoms with Crippen LogP contribution < -0.4 is 0 Å². The monoisotopic (exact) mass is 587 g/mol. The molecule has 3 nitrogen and oxygen atoms in total. The van der Waals surface area contributed by atoms with Crippen LogP contribution >= 0.6 is 0 Å². The highest BCUT2D eigenvalue weighted by atomic mass is 16.3. The van der Waals surface area contributed by atoms with Gasteiger partial charge in [0.15, 0.2) is 0 Å². The fourth-order valence-corrected chi connectivity index (χ4v) is 6.62. The van der Waals surface area contributed by atoms with Gasteiger partial charge < -0.3 is 8.83 Å². The Balaban J connectivity index is 1.24. The average Bonchev–Trinajstić information content (AvgIpc) is 3.69. The number of hydrogen-bond acceptors (Lipinski definition) is 3. The quantitative estimate of drug-likeness (QED) is 0.206. The largest absolute Gasteiger partial charge is 0.456 e. The van der Waals surface area contributed by atoms with Crippen molar-refractivity contribution in [1.29, 1.82) is 5.26 Å². The maximum atomic E-state index is 10.2. The first-order valence-corrected chi connectivity index (χ1v) is 15.3. The van der Waals surface area contributed by atoms with E-state index < -0.39 is 0 Å². The summed E-state index contributed by atoms with van der Waals surface area (Å²) in [5, 5.41) is 14.6. The van der Waals surface area contributed by atoms with E-state index in [9.17, 15) is 5.26 Å². The molecule has 2 heterocycles. The van der Waals surface area contributed by atoms with E-state index in [2.05, 4.69) is 84.9 Å². The van der Waals surface area contributed by atoms with Crippen LogP contribution in [-0.4, -0.2) is 0 Å². The van der Waals surface area contributed by atoms with Crippen LogP contribution in [0.4, 0.5) is 0 Å². The molecule has 0 fully saturated rings. The molecule has 0 N–H and O–H groups in total. The Bertz CT molecular complexity index is 2650. The zero-order chi connectivity index (χ0) is 30.6. The van der Waals surface area contributed by atoms with E-state index in [-0.39, 0.29) is 0 Å². The van der Waals surface area contributed by atoms with Gasteiger partial charge in [-0.3, -0.25) is 0 Å². The lowest BCUT2D eigenvalue weighted by molar-refractivity contribution is 0.668. The molecule has 9 rings (SSSR count). The molecule has 7 aromatic carbocycles. The van der Waals surface area contributed by atoms with E-state index in [4.69, 9.17) is 8.83 Å². The third kappa shape index (κ3) is 4.28. The molecule has 46 heavy (non-hydrogen) atoms. The standard InChI is InChI=1S/C43H25NO2/c44-26-34-20-28(14-17-35(34)27-8-2-1-3-9-27)31-21-32(29-16-19-42-39(24-29)37-11-5-7-13-41(37)45-42)23-33(22-31)30-15-18-38-36-10-4-6-12-40(36)46-43(38)25-30/h1-25H. The van der Waals surface area contributed by atoms with E-state index in [0.717, 1.165) is 88.4 Å². The molecule has 0 saturated heterocycles. The van der Waals surface area contributed by atoms with Crippen LogP contribution in [0.25, 0.3) is 88.4 Å². The molecular formula is C43H25NO2. The van der Waals surface area contributed by atoms with Crippen molar-refractivity contribution < 1.29 is 8.83 Å². The van der Waals surface area contributed by atoms with E-state index in [0.29, 0.717) is 5.56 Å². The van der Waals surface area contributed by atoms with Gasteiger partial charge in [-0.1, -0.05) is 91.0 Å². The minimum absolute atomic E-state index is 0.644. The van der Waals surface area contributed by atoms with Crippen molar-refractivity contribution in [2.45, 2.75) is 0 Å². The number of nitrogens with zero attached hydrogens (tertiary/aromatic N) is 1. The summed E-state index contributed by atoms with van der Waals surface area (Å²) in [6, 6.07) is 54.5. The zero-order valence-corrected chi connectivity index (χ0v) is 24.7. The second-order valence-electron chi connectivity index (χ2n) is 11.7. The van der Waals surface area contributed by atoms with Crippen molar-refractivity contribution in [3.63, 3.8) is 0 Å². The van der Waals surface area contributed by atoms with Crippen LogP contribution in [0.2, 0.25) is 0 Å². The maximum Gasteiger partial charge on any atom is 0.136 e. The molecule has 0 aliphatic carbocycles. The van der Waals surface area contributed by atoms with Crippen molar-refractivity contribution in [2.24, 2.45) is 0 Å². The van der Waals surface area contributed by atoms with Gasteiger partial charge in [0, 0.05) is 21.5 Å². The lowest BCUT2D eigenvalue weighted by Crippen LogP contribution is -1.89. The van der Waals surface area contributed by atoms with Gasteiger partial charge in [0.05, 0.1) is 11.6 Å². The van der Waals surface area contributed by atoms with E-state index in [1.807, 2.05) is 72.8 Å². The Hall–Kier alpha value is -6.37. The molecule has 0 saturated carbocycles. The first kappa shape index (κ1) is 26.1. The molecule has 0 unspecified atom stereocenters. The summed E-state index contributed by atoms with van der Waals surface area (Å²) in [6.45, 7) is 0. The van der Waals surface area contributed by atoms with Crippen LogP contribution in [0.15, 0.2) is 160 Å². The van der Waals surface area contributed by atoms with Crippen molar-refractivity contribution >= 4 is 43.9 Å². The van der Waals surface area contributed by atoms with Gasteiger partial charge in [0.25, 0.3) is 0 Å². The number of hydrogen-bond donors (Lipinski definition) is 0. The van der Waals surface area contributed by atoms with Gasteiger partial charge in [0.1, 0.15) is 22.3 Å². The molecular weight excluding hydrogens is 562 g/mol. The van der Waals surface area contributed by atoms with Crippen molar-refractivity contribution in [3.8, 4) is 50.6 Å². The van der Waals surface area contributed by atoms with Gasteiger partial charge in [-0.15, -0.1) is 0 Å². The minimum Gasteiger partial charge on any atom is -0.456 e. The van der Waals surface area contributed by atoms with Gasteiger partial charge in [-0.05, 0) is 105 Å². The van der Waals surface area contributed by atoms with Gasteiger partial charge in [-0.25, -0.2) is 0 Å². The topological polar surface area (TPSA) is 50.1 Å². The van der Waals surface area contributed by atoms with Crippen molar-refractivity contribution in [3.05, 3.63) is 157 Å². The summed E-state index contributed by atoms with van der Waals surface area (Å²) in [5.41, 5.74) is 12.4. The summed E-state index contributed by atoms with van der Waals surface area (Å²) in [4.78, 5) is 0. The SMILES string of the molecule is N#Cc1cc(-c2cc(-c3ccc4c(c3)oc3ccccc34)cc(-c3ccc4oc5ccccc5c4c3)c2)ccc1-c1ccccc1. The summed E-state index contributed by atoms with van der Waals surface area (Å²) in [7, 11) is 0. The molecule has 214 valence electrons. The summed E-state index contributed by atoms with van der Waals surface area (Å²) < 4.78 is 12.4. The normalized spacial score (nSPS) is 11.5. The molecule has 0 amide bonds. The van der Waals surface area contributed by atoms with Gasteiger partial charge >= 0.3 is 0 Å². The molecule has 2 aromatic heterocycles. The highest BCUT2D eigenvalue weighted by Gasteiger charge is 2.14. The molecule has 0 spiro atoms. The van der Waals surface area contributed by atoms with Crippen LogP contribution in [0.1, 0.15) is 5.56 Å². The van der Waals surface area contributed by atoms with E-state index in [1.54, 1.807) is 0 Å². The minimum atomic E-state index is 0.644. The number of nitriles is 1. The first-order chi connectivity index (χ1) is 22.7. The number of rotatable bonds is 4. The average molecular weight is 588 g/mol. The number of fused-ring (bicyclic) bond motifs is 6. The second-order valence-corrected chi connectivity index (χ2v) is 11.7. The summed E-state index contributed by atoms with van der Waals surface area (Å²) in [5.74, 6) is 0. The fourth-order valence-electron chi connectivity index (χ4n) is 6.62. The Morgan fingerprint density at radius 1 is 0.348 bits per heavy atom. The Kier molecular flexibility index (Phi) is 5.88. The number of benzene rings is 7. The van der Waals surface area contributed by atoms with Crippen LogP contribution in [0.3, 0.4) is 0 Å². The van der Waals surface area contributed by atoms with Gasteiger partial charge in [0.2, 0.25) is 0 Å². The second kappa shape index (κ2) is 10.4.